The molecule has 1 aliphatic heterocycles. The largest absolute Gasteiger partial charge is 0.440 e. The predicted molar refractivity (Wildman–Crippen MR) is 90.0 cm³/mol. The molecule has 2 aromatic rings. The number of carbonyl (C=O) groups is 1. The molecule has 3 rings (SSSR count). The summed E-state index contributed by atoms with van der Waals surface area (Å²) < 4.78 is 16.3. The van der Waals surface area contributed by atoms with E-state index in [4.69, 9.17) is 13.9 Å². The van der Waals surface area contributed by atoms with E-state index in [0.717, 1.165) is 5.52 Å². The lowest BCUT2D eigenvalue weighted by molar-refractivity contribution is -0.155. The van der Waals surface area contributed by atoms with E-state index >= 15 is 0 Å². The molecular weight excluding hydrogens is 310 g/mol. The molecule has 1 aromatic carbocycles. The number of hydrogen-bond acceptors (Lipinski definition) is 5. The highest BCUT2D eigenvalue weighted by molar-refractivity contribution is 5.91. The van der Waals surface area contributed by atoms with Gasteiger partial charge in [0.2, 0.25) is 5.89 Å². The molecule has 1 aliphatic rings. The van der Waals surface area contributed by atoms with Crippen molar-refractivity contribution in [2.75, 3.05) is 32.1 Å². The number of urea groups is 1. The molecule has 1 unspecified atom stereocenters. The first-order valence-corrected chi connectivity index (χ1v) is 7.98. The average Bonchev–Trinajstić information content (AvgIpc) is 2.98. The lowest BCUT2D eigenvalue weighted by atomic mass is 9.97. The number of ether oxygens (including phenoxy) is 2. The molecule has 1 N–H and O–H groups in total. The fourth-order valence-electron chi connectivity index (χ4n) is 2.47. The Morgan fingerprint density at radius 1 is 1.42 bits per heavy atom. The van der Waals surface area contributed by atoms with Crippen LogP contribution in [0.4, 0.5) is 10.5 Å². The summed E-state index contributed by atoms with van der Waals surface area (Å²) in [6.07, 6.45) is -0.378. The van der Waals surface area contributed by atoms with E-state index in [2.05, 4.69) is 10.3 Å². The quantitative estimate of drug-likeness (QED) is 0.914. The molecule has 1 saturated heterocycles. The summed E-state index contributed by atoms with van der Waals surface area (Å²) in [6.45, 7) is 7.54. The van der Waals surface area contributed by atoms with E-state index in [-0.39, 0.29) is 17.7 Å². The predicted octanol–water partition coefficient (Wildman–Crippen LogP) is 2.96. The highest BCUT2D eigenvalue weighted by Gasteiger charge is 2.24. The van der Waals surface area contributed by atoms with E-state index in [1.165, 1.54) is 0 Å². The third-order valence-electron chi connectivity index (χ3n) is 3.86. The Kier molecular flexibility index (Phi) is 4.47. The lowest BCUT2D eigenvalue weighted by Gasteiger charge is -2.31. The molecule has 7 nitrogen and oxygen atoms in total. The van der Waals surface area contributed by atoms with Crippen LogP contribution in [0.5, 0.6) is 0 Å². The van der Waals surface area contributed by atoms with Gasteiger partial charge in [-0.05, 0) is 18.2 Å². The van der Waals surface area contributed by atoms with Crippen LogP contribution in [0.15, 0.2) is 22.6 Å². The second-order valence-electron chi connectivity index (χ2n) is 6.86. The zero-order chi connectivity index (χ0) is 17.3. The Morgan fingerprint density at radius 3 is 2.92 bits per heavy atom. The van der Waals surface area contributed by atoms with Gasteiger partial charge in [0.15, 0.2) is 11.9 Å². The molecule has 2 amide bonds. The zero-order valence-electron chi connectivity index (χ0n) is 14.5. The topological polar surface area (TPSA) is 76.8 Å². The van der Waals surface area contributed by atoms with Crippen molar-refractivity contribution in [1.29, 1.82) is 0 Å². The van der Waals surface area contributed by atoms with E-state index in [9.17, 15) is 4.79 Å². The number of oxazole rings is 1. The van der Waals surface area contributed by atoms with Gasteiger partial charge in [-0.1, -0.05) is 20.8 Å². The van der Waals surface area contributed by atoms with Crippen molar-refractivity contribution in [1.82, 2.24) is 9.88 Å². The Bertz CT molecular complexity index is 735. The van der Waals surface area contributed by atoms with E-state index in [1.807, 2.05) is 39.0 Å². The molecule has 130 valence electrons. The molecule has 2 heterocycles. The van der Waals surface area contributed by atoms with Crippen LogP contribution in [0.25, 0.3) is 11.1 Å². The molecule has 1 atom stereocenters. The van der Waals surface area contributed by atoms with Gasteiger partial charge in [-0.25, -0.2) is 9.78 Å². The van der Waals surface area contributed by atoms with Crippen molar-refractivity contribution in [3.8, 4) is 0 Å². The van der Waals surface area contributed by atoms with Gasteiger partial charge in [0, 0.05) is 24.8 Å². The van der Waals surface area contributed by atoms with Gasteiger partial charge in [0.25, 0.3) is 0 Å². The van der Waals surface area contributed by atoms with Gasteiger partial charge in [0.1, 0.15) is 5.52 Å². The van der Waals surface area contributed by atoms with Crippen LogP contribution >= 0.6 is 0 Å². The molecule has 7 heteroatoms. The molecule has 1 fully saturated rings. The van der Waals surface area contributed by atoms with E-state index < -0.39 is 0 Å². The molecule has 0 radical (unpaired) electrons. The lowest BCUT2D eigenvalue weighted by Crippen LogP contribution is -2.47. The maximum absolute atomic E-state index is 12.4. The molecule has 0 spiro atoms. The smallest absolute Gasteiger partial charge is 0.322 e. The zero-order valence-corrected chi connectivity index (χ0v) is 14.5. The number of hydrogen-bond donors (Lipinski definition) is 1. The van der Waals surface area contributed by atoms with Crippen molar-refractivity contribution in [3.05, 3.63) is 24.1 Å². The number of carbonyl (C=O) groups excluding carboxylic acids is 1. The van der Waals surface area contributed by atoms with Gasteiger partial charge in [-0.2, -0.15) is 0 Å². The van der Waals surface area contributed by atoms with Crippen LogP contribution in [-0.2, 0) is 14.9 Å². The van der Waals surface area contributed by atoms with Gasteiger partial charge < -0.3 is 24.1 Å². The third-order valence-corrected chi connectivity index (χ3v) is 3.86. The summed E-state index contributed by atoms with van der Waals surface area (Å²) in [6, 6.07) is 5.27. The molecule has 24 heavy (non-hydrogen) atoms. The van der Waals surface area contributed by atoms with Crippen LogP contribution in [0.1, 0.15) is 26.7 Å². The van der Waals surface area contributed by atoms with E-state index in [0.29, 0.717) is 36.9 Å². The van der Waals surface area contributed by atoms with Crippen LogP contribution < -0.4 is 5.32 Å². The SMILES string of the molecule is COC1CN(C(=O)Nc2ccc3oc(C(C)(C)C)nc3c2)CCO1. The molecule has 0 saturated carbocycles. The first-order chi connectivity index (χ1) is 11.4. The minimum Gasteiger partial charge on any atom is -0.440 e. The Hall–Kier alpha value is -2.12. The maximum atomic E-state index is 12.4. The summed E-state index contributed by atoms with van der Waals surface area (Å²) in [4.78, 5) is 18.6. The first-order valence-electron chi connectivity index (χ1n) is 7.98. The minimum atomic E-state index is -0.378. The number of fused-ring (bicyclic) bond motifs is 1. The normalized spacial score (nSPS) is 18.8. The summed E-state index contributed by atoms with van der Waals surface area (Å²) in [5.41, 5.74) is 1.96. The number of methoxy groups -OCH3 is 1. The van der Waals surface area contributed by atoms with Crippen LogP contribution in [-0.4, -0.2) is 49.0 Å². The third kappa shape index (κ3) is 3.52. The molecule has 0 bridgehead atoms. The number of nitrogens with one attached hydrogen (secondary N) is 1. The van der Waals surface area contributed by atoms with Crippen molar-refractivity contribution in [2.24, 2.45) is 0 Å². The second-order valence-corrected chi connectivity index (χ2v) is 6.86. The minimum absolute atomic E-state index is 0.161. The Labute approximate surface area is 140 Å². The monoisotopic (exact) mass is 333 g/mol. The molecule has 0 aliphatic carbocycles. The van der Waals surface area contributed by atoms with Gasteiger partial charge in [-0.3, -0.25) is 0 Å². The average molecular weight is 333 g/mol. The van der Waals surface area contributed by atoms with Crippen LogP contribution in [0.3, 0.4) is 0 Å². The van der Waals surface area contributed by atoms with Crippen molar-refractivity contribution >= 4 is 22.8 Å². The fourth-order valence-corrected chi connectivity index (χ4v) is 2.47. The number of nitrogens with zero attached hydrogens (tertiary/aromatic N) is 2. The number of amides is 2. The highest BCUT2D eigenvalue weighted by atomic mass is 16.7. The summed E-state index contributed by atoms with van der Waals surface area (Å²) in [5, 5.41) is 2.89. The molecule has 1 aromatic heterocycles. The fraction of sp³-hybridized carbons (Fsp3) is 0.529. The number of morpholine rings is 1. The Morgan fingerprint density at radius 2 is 2.21 bits per heavy atom. The van der Waals surface area contributed by atoms with Gasteiger partial charge >= 0.3 is 6.03 Å². The summed E-state index contributed by atoms with van der Waals surface area (Å²) in [5.74, 6) is 0.678. The number of rotatable bonds is 2. The van der Waals surface area contributed by atoms with Crippen LogP contribution in [0.2, 0.25) is 0 Å². The molecular formula is C17H23N3O4. The van der Waals surface area contributed by atoms with Gasteiger partial charge in [-0.15, -0.1) is 0 Å². The van der Waals surface area contributed by atoms with Gasteiger partial charge in [0.05, 0.1) is 13.2 Å². The standard InChI is InChI=1S/C17H23N3O4/c1-17(2,3)15-19-12-9-11(5-6-13(12)24-15)18-16(21)20-7-8-23-14(10-20)22-4/h5-6,9,14H,7-8,10H2,1-4H3,(H,18,21). The number of aromatic nitrogens is 1. The first kappa shape index (κ1) is 16.7. The number of anilines is 1. The summed E-state index contributed by atoms with van der Waals surface area (Å²) >= 11 is 0. The van der Waals surface area contributed by atoms with Crippen molar-refractivity contribution in [2.45, 2.75) is 32.5 Å². The van der Waals surface area contributed by atoms with Crippen LogP contribution in [0, 0.1) is 0 Å². The van der Waals surface area contributed by atoms with Crippen molar-refractivity contribution in [3.63, 3.8) is 0 Å². The highest BCUT2D eigenvalue weighted by Crippen LogP contribution is 2.27. The number of benzene rings is 1. The maximum Gasteiger partial charge on any atom is 0.322 e. The summed E-state index contributed by atoms with van der Waals surface area (Å²) in [7, 11) is 1.57. The van der Waals surface area contributed by atoms with Crippen molar-refractivity contribution < 1.29 is 18.7 Å². The second kappa shape index (κ2) is 6.41. The Balaban J connectivity index is 1.74. The van der Waals surface area contributed by atoms with E-state index in [1.54, 1.807) is 12.0 Å².